The molecule has 0 aromatic carbocycles. The predicted octanol–water partition coefficient (Wildman–Crippen LogP) is 8.68. The van der Waals surface area contributed by atoms with E-state index in [9.17, 15) is 13.2 Å². The van der Waals surface area contributed by atoms with Crippen molar-refractivity contribution in [2.24, 2.45) is 29.6 Å². The molecule has 0 spiro atoms. The summed E-state index contributed by atoms with van der Waals surface area (Å²) in [6.07, 6.45) is 15.1. The monoisotopic (exact) mass is 460 g/mol. The van der Waals surface area contributed by atoms with Crippen LogP contribution in [0.5, 0.6) is 0 Å². The van der Waals surface area contributed by atoms with Crippen molar-refractivity contribution in [2.45, 2.75) is 129 Å². The third kappa shape index (κ3) is 9.16. The van der Waals surface area contributed by atoms with Gasteiger partial charge in [-0.25, -0.2) is 0 Å². The van der Waals surface area contributed by atoms with E-state index in [2.05, 4.69) is 6.92 Å². The highest BCUT2D eigenvalue weighted by molar-refractivity contribution is 4.83. The van der Waals surface area contributed by atoms with Gasteiger partial charge in [0.05, 0.1) is 13.2 Å². The van der Waals surface area contributed by atoms with Crippen molar-refractivity contribution < 1.29 is 22.6 Å². The van der Waals surface area contributed by atoms with E-state index >= 15 is 0 Å². The average molecular weight is 461 g/mol. The molecule has 1 aliphatic heterocycles. The molecule has 0 aromatic rings. The van der Waals surface area contributed by atoms with Crippen LogP contribution in [0.4, 0.5) is 13.2 Å². The number of hydrogen-bond acceptors (Lipinski definition) is 2. The third-order valence-electron chi connectivity index (χ3n) is 8.54. The van der Waals surface area contributed by atoms with Gasteiger partial charge in [0, 0.05) is 18.3 Å². The van der Waals surface area contributed by atoms with Crippen molar-refractivity contribution >= 4 is 0 Å². The number of ether oxygens (including phenoxy) is 2. The molecule has 2 aliphatic carbocycles. The Morgan fingerprint density at radius 2 is 1.16 bits per heavy atom. The first-order valence-electron chi connectivity index (χ1n) is 13.7. The highest BCUT2D eigenvalue weighted by Crippen LogP contribution is 2.43. The van der Waals surface area contributed by atoms with Crippen molar-refractivity contribution in [2.75, 3.05) is 13.2 Å². The first-order chi connectivity index (χ1) is 15.4. The molecule has 32 heavy (non-hydrogen) atoms. The summed E-state index contributed by atoms with van der Waals surface area (Å²) >= 11 is 0. The topological polar surface area (TPSA) is 18.5 Å². The second kappa shape index (κ2) is 13.6. The minimum Gasteiger partial charge on any atom is -0.352 e. The van der Waals surface area contributed by atoms with E-state index in [-0.39, 0.29) is 18.6 Å². The molecule has 0 unspecified atom stereocenters. The van der Waals surface area contributed by atoms with Gasteiger partial charge in [0.2, 0.25) is 0 Å². The molecule has 0 atom stereocenters. The Balaban J connectivity index is 1.25. The molecule has 1 saturated heterocycles. The number of hydrogen-bond donors (Lipinski definition) is 0. The van der Waals surface area contributed by atoms with E-state index in [1.165, 1.54) is 89.9 Å². The summed E-state index contributed by atoms with van der Waals surface area (Å²) in [7, 11) is 0. The standard InChI is InChI=1S/C27H47F3O2/c1-2-3-4-5-6-8-21-10-12-23(13-11-21)24-14-16-25(17-15-24)26-31-19-22(20-32-26)9-7-18-27(28,29)30/h21-26H,2-20H2,1H3. The fourth-order valence-corrected chi connectivity index (χ4v) is 6.46. The second-order valence-electron chi connectivity index (χ2n) is 11.1. The zero-order valence-electron chi connectivity index (χ0n) is 20.3. The van der Waals surface area contributed by atoms with E-state index in [0.717, 1.165) is 17.8 Å². The van der Waals surface area contributed by atoms with Crippen LogP contribution in [0, 0.1) is 29.6 Å². The highest BCUT2D eigenvalue weighted by atomic mass is 19.4. The molecule has 0 amide bonds. The van der Waals surface area contributed by atoms with Crippen molar-refractivity contribution in [3.05, 3.63) is 0 Å². The van der Waals surface area contributed by atoms with Crippen LogP contribution in [0.15, 0.2) is 0 Å². The van der Waals surface area contributed by atoms with Crippen LogP contribution in [0.25, 0.3) is 0 Å². The van der Waals surface area contributed by atoms with Crippen LogP contribution in [0.1, 0.15) is 116 Å². The van der Waals surface area contributed by atoms with Crippen molar-refractivity contribution in [3.63, 3.8) is 0 Å². The van der Waals surface area contributed by atoms with Gasteiger partial charge in [-0.3, -0.25) is 0 Å². The largest absolute Gasteiger partial charge is 0.389 e. The first kappa shape index (κ1) is 26.3. The van der Waals surface area contributed by atoms with Crippen molar-refractivity contribution in [1.82, 2.24) is 0 Å². The van der Waals surface area contributed by atoms with Crippen LogP contribution >= 0.6 is 0 Å². The number of rotatable bonds is 11. The molecule has 3 rings (SSSR count). The Labute approximate surface area is 194 Å². The van der Waals surface area contributed by atoms with Crippen LogP contribution in [0.2, 0.25) is 0 Å². The van der Waals surface area contributed by atoms with E-state index < -0.39 is 12.6 Å². The zero-order valence-corrected chi connectivity index (χ0v) is 20.3. The van der Waals surface area contributed by atoms with Gasteiger partial charge in [0.15, 0.2) is 6.29 Å². The maximum absolute atomic E-state index is 12.3. The lowest BCUT2D eigenvalue weighted by molar-refractivity contribution is -0.231. The van der Waals surface area contributed by atoms with Crippen molar-refractivity contribution in [1.29, 1.82) is 0 Å². The Hall–Kier alpha value is -0.290. The normalized spacial score (nSPS) is 34.5. The molecule has 0 N–H and O–H groups in total. The summed E-state index contributed by atoms with van der Waals surface area (Å²) in [6.45, 7) is 3.40. The molecule has 188 valence electrons. The van der Waals surface area contributed by atoms with Gasteiger partial charge in [-0.1, -0.05) is 58.3 Å². The molecule has 0 aromatic heterocycles. The minimum absolute atomic E-state index is 0.117. The van der Waals surface area contributed by atoms with Crippen molar-refractivity contribution in [3.8, 4) is 0 Å². The van der Waals surface area contributed by atoms with Gasteiger partial charge in [0.1, 0.15) is 0 Å². The molecule has 2 nitrogen and oxygen atoms in total. The number of alkyl halides is 3. The summed E-state index contributed by atoms with van der Waals surface area (Å²) in [4.78, 5) is 0. The van der Waals surface area contributed by atoms with Gasteiger partial charge in [-0.15, -0.1) is 0 Å². The van der Waals surface area contributed by atoms with Crippen LogP contribution < -0.4 is 0 Å². The number of halogens is 3. The van der Waals surface area contributed by atoms with Crippen LogP contribution in [-0.4, -0.2) is 25.7 Å². The maximum Gasteiger partial charge on any atom is 0.389 e. The molecule has 5 heteroatoms. The van der Waals surface area contributed by atoms with E-state index in [4.69, 9.17) is 9.47 Å². The molecule has 2 saturated carbocycles. The fourth-order valence-electron chi connectivity index (χ4n) is 6.46. The SMILES string of the molecule is CCCCCCCC1CCC(C2CCC(C3OCC(CCCC(F)(F)F)CO3)CC2)CC1. The lowest BCUT2D eigenvalue weighted by Crippen LogP contribution is -2.39. The van der Waals surface area contributed by atoms with E-state index in [1.807, 2.05) is 0 Å². The van der Waals surface area contributed by atoms with E-state index in [1.54, 1.807) is 0 Å². The van der Waals surface area contributed by atoms with E-state index in [0.29, 0.717) is 25.6 Å². The summed E-state index contributed by atoms with van der Waals surface area (Å²) < 4.78 is 48.9. The lowest BCUT2D eigenvalue weighted by atomic mass is 9.68. The van der Waals surface area contributed by atoms with Gasteiger partial charge in [0.25, 0.3) is 0 Å². The van der Waals surface area contributed by atoms with Gasteiger partial charge < -0.3 is 9.47 Å². The zero-order chi connectivity index (χ0) is 22.8. The highest BCUT2D eigenvalue weighted by Gasteiger charge is 2.36. The number of unbranched alkanes of at least 4 members (excludes halogenated alkanes) is 4. The minimum atomic E-state index is -4.05. The Kier molecular flexibility index (Phi) is 11.2. The molecule has 0 radical (unpaired) electrons. The van der Waals surface area contributed by atoms with Crippen LogP contribution in [-0.2, 0) is 9.47 Å². The summed E-state index contributed by atoms with van der Waals surface area (Å²) in [5.74, 6) is 3.39. The predicted molar refractivity (Wildman–Crippen MR) is 123 cm³/mol. The Bertz CT molecular complexity index is 486. The smallest absolute Gasteiger partial charge is 0.352 e. The third-order valence-corrected chi connectivity index (χ3v) is 8.54. The molecule has 0 bridgehead atoms. The second-order valence-corrected chi connectivity index (χ2v) is 11.1. The lowest BCUT2D eigenvalue weighted by Gasteiger charge is -2.41. The maximum atomic E-state index is 12.3. The molecular weight excluding hydrogens is 413 g/mol. The Morgan fingerprint density at radius 1 is 0.625 bits per heavy atom. The van der Waals surface area contributed by atoms with Gasteiger partial charge >= 0.3 is 6.18 Å². The molecule has 3 aliphatic rings. The average Bonchev–Trinajstić information content (AvgIpc) is 2.79. The van der Waals surface area contributed by atoms with Gasteiger partial charge in [-0.05, 0) is 69.1 Å². The fraction of sp³-hybridized carbons (Fsp3) is 1.00. The molecular formula is C27H47F3O2. The van der Waals surface area contributed by atoms with Gasteiger partial charge in [-0.2, -0.15) is 13.2 Å². The van der Waals surface area contributed by atoms with Crippen LogP contribution in [0.3, 0.4) is 0 Å². The summed E-state index contributed by atoms with van der Waals surface area (Å²) in [6, 6.07) is 0. The quantitative estimate of drug-likeness (QED) is 0.287. The molecule has 3 fully saturated rings. The molecule has 1 heterocycles. The summed E-state index contributed by atoms with van der Waals surface area (Å²) in [5, 5.41) is 0. The Morgan fingerprint density at radius 3 is 1.75 bits per heavy atom. The summed E-state index contributed by atoms with van der Waals surface area (Å²) in [5.41, 5.74) is 0. The first-order valence-corrected chi connectivity index (χ1v) is 13.7.